The smallest absolute Gasteiger partial charge is 0.303 e. The molecule has 0 saturated heterocycles. The van der Waals surface area contributed by atoms with Gasteiger partial charge in [-0.05, 0) is 36.0 Å². The van der Waals surface area contributed by atoms with Crippen LogP contribution in [0.3, 0.4) is 0 Å². The largest absolute Gasteiger partial charge is 0.481 e. The highest BCUT2D eigenvalue weighted by molar-refractivity contribution is 5.68. The maximum Gasteiger partial charge on any atom is 0.303 e. The molecular formula is C15H20O4. The van der Waals surface area contributed by atoms with Gasteiger partial charge in [0.2, 0.25) is 6.79 Å². The minimum Gasteiger partial charge on any atom is -0.481 e. The third-order valence-corrected chi connectivity index (χ3v) is 3.38. The lowest BCUT2D eigenvalue weighted by Gasteiger charge is -2.17. The second-order valence-corrected chi connectivity index (χ2v) is 5.38. The summed E-state index contributed by atoms with van der Waals surface area (Å²) in [5.74, 6) is 1.31. The minimum absolute atomic E-state index is 0.0365. The van der Waals surface area contributed by atoms with Gasteiger partial charge < -0.3 is 14.6 Å². The Morgan fingerprint density at radius 1 is 1.26 bits per heavy atom. The molecule has 0 radical (unpaired) electrons. The number of carbonyl (C=O) groups is 1. The van der Waals surface area contributed by atoms with Crippen LogP contribution in [0.4, 0.5) is 0 Å². The summed E-state index contributed by atoms with van der Waals surface area (Å²) < 4.78 is 10.6. The lowest BCUT2D eigenvalue weighted by molar-refractivity contribution is -0.137. The molecule has 0 spiro atoms. The topological polar surface area (TPSA) is 55.8 Å². The second-order valence-electron chi connectivity index (χ2n) is 5.38. The summed E-state index contributed by atoms with van der Waals surface area (Å²) in [4.78, 5) is 11.0. The van der Waals surface area contributed by atoms with Crippen LogP contribution in [0, 0.1) is 5.92 Å². The van der Waals surface area contributed by atoms with Crippen molar-refractivity contribution in [3.05, 3.63) is 23.8 Å². The maximum atomic E-state index is 11.0. The molecule has 4 heteroatoms. The number of fused-ring (bicyclic) bond motifs is 1. The van der Waals surface area contributed by atoms with Crippen LogP contribution >= 0.6 is 0 Å². The second kappa shape index (κ2) is 5.95. The van der Waals surface area contributed by atoms with E-state index in [-0.39, 0.29) is 19.1 Å². The average molecular weight is 264 g/mol. The van der Waals surface area contributed by atoms with Crippen molar-refractivity contribution in [2.45, 2.75) is 39.0 Å². The Hall–Kier alpha value is -1.71. The van der Waals surface area contributed by atoms with Gasteiger partial charge in [0.05, 0.1) is 6.42 Å². The van der Waals surface area contributed by atoms with Gasteiger partial charge in [0, 0.05) is 0 Å². The van der Waals surface area contributed by atoms with E-state index in [1.54, 1.807) is 0 Å². The summed E-state index contributed by atoms with van der Waals surface area (Å²) >= 11 is 0. The van der Waals surface area contributed by atoms with E-state index in [2.05, 4.69) is 13.8 Å². The highest BCUT2D eigenvalue weighted by atomic mass is 16.7. The molecule has 4 nitrogen and oxygen atoms in total. The molecule has 1 heterocycles. The highest BCUT2D eigenvalue weighted by Gasteiger charge is 2.20. The maximum absolute atomic E-state index is 11.0. The molecule has 0 amide bonds. The SMILES string of the molecule is CC(C)CCC(CC(=O)O)c1ccc2c(c1)OCO2. The molecule has 0 bridgehead atoms. The monoisotopic (exact) mass is 264 g/mol. The zero-order valence-corrected chi connectivity index (χ0v) is 11.4. The van der Waals surface area contributed by atoms with E-state index in [1.165, 1.54) is 0 Å². The number of ether oxygens (including phenoxy) is 2. The Morgan fingerprint density at radius 3 is 2.68 bits per heavy atom. The van der Waals surface area contributed by atoms with Gasteiger partial charge in [-0.3, -0.25) is 4.79 Å². The van der Waals surface area contributed by atoms with E-state index in [0.29, 0.717) is 5.92 Å². The van der Waals surface area contributed by atoms with Crippen LogP contribution in [-0.2, 0) is 4.79 Å². The van der Waals surface area contributed by atoms with Crippen molar-refractivity contribution >= 4 is 5.97 Å². The number of hydrogen-bond donors (Lipinski definition) is 1. The minimum atomic E-state index is -0.758. The Morgan fingerprint density at radius 2 is 2.00 bits per heavy atom. The number of aliphatic carboxylic acids is 1. The molecule has 1 aromatic carbocycles. The third-order valence-electron chi connectivity index (χ3n) is 3.38. The van der Waals surface area contributed by atoms with E-state index >= 15 is 0 Å². The lowest BCUT2D eigenvalue weighted by Crippen LogP contribution is -2.07. The first kappa shape index (κ1) is 13.7. The van der Waals surface area contributed by atoms with Crippen molar-refractivity contribution in [2.75, 3.05) is 6.79 Å². The molecule has 19 heavy (non-hydrogen) atoms. The molecule has 0 aromatic heterocycles. The van der Waals surface area contributed by atoms with Crippen LogP contribution in [0.15, 0.2) is 18.2 Å². The third kappa shape index (κ3) is 3.63. The molecule has 1 aliphatic heterocycles. The van der Waals surface area contributed by atoms with Crippen molar-refractivity contribution in [1.29, 1.82) is 0 Å². The first-order valence-corrected chi connectivity index (χ1v) is 6.67. The molecule has 0 saturated carbocycles. The predicted octanol–water partition coefficient (Wildman–Crippen LogP) is 3.41. The molecule has 1 aromatic rings. The fourth-order valence-electron chi connectivity index (χ4n) is 2.30. The quantitative estimate of drug-likeness (QED) is 0.855. The van der Waals surface area contributed by atoms with Crippen molar-refractivity contribution in [1.82, 2.24) is 0 Å². The summed E-state index contributed by atoms with van der Waals surface area (Å²) in [6.07, 6.45) is 2.06. The molecule has 1 N–H and O–H groups in total. The molecular weight excluding hydrogens is 244 g/mol. The van der Waals surface area contributed by atoms with E-state index in [4.69, 9.17) is 14.6 Å². The number of carboxylic acids is 1. The zero-order chi connectivity index (χ0) is 13.8. The van der Waals surface area contributed by atoms with Crippen LogP contribution in [-0.4, -0.2) is 17.9 Å². The molecule has 1 atom stereocenters. The highest BCUT2D eigenvalue weighted by Crippen LogP contribution is 2.37. The van der Waals surface area contributed by atoms with Crippen LogP contribution in [0.1, 0.15) is 44.6 Å². The number of hydrogen-bond acceptors (Lipinski definition) is 3. The number of benzene rings is 1. The van der Waals surface area contributed by atoms with E-state index in [0.717, 1.165) is 29.9 Å². The van der Waals surface area contributed by atoms with Crippen molar-refractivity contribution in [2.24, 2.45) is 5.92 Å². The van der Waals surface area contributed by atoms with Gasteiger partial charge in [-0.25, -0.2) is 0 Å². The number of carboxylic acid groups (broad SMARTS) is 1. The molecule has 1 unspecified atom stereocenters. The van der Waals surface area contributed by atoms with Crippen LogP contribution in [0.2, 0.25) is 0 Å². The fourth-order valence-corrected chi connectivity index (χ4v) is 2.30. The molecule has 0 fully saturated rings. The number of rotatable bonds is 6. The Kier molecular flexibility index (Phi) is 4.30. The Balaban J connectivity index is 2.14. The van der Waals surface area contributed by atoms with Gasteiger partial charge in [-0.1, -0.05) is 26.3 Å². The summed E-state index contributed by atoms with van der Waals surface area (Å²) in [5, 5.41) is 9.05. The van der Waals surface area contributed by atoms with Gasteiger partial charge >= 0.3 is 5.97 Å². The van der Waals surface area contributed by atoms with Crippen molar-refractivity contribution < 1.29 is 19.4 Å². The van der Waals surface area contributed by atoms with Gasteiger partial charge in [0.25, 0.3) is 0 Å². The van der Waals surface area contributed by atoms with Gasteiger partial charge in [-0.15, -0.1) is 0 Å². The Bertz CT molecular complexity index is 453. The summed E-state index contributed by atoms with van der Waals surface area (Å²) in [5.41, 5.74) is 1.02. The van der Waals surface area contributed by atoms with Gasteiger partial charge in [0.15, 0.2) is 11.5 Å². The van der Waals surface area contributed by atoms with E-state index in [1.807, 2.05) is 18.2 Å². The van der Waals surface area contributed by atoms with Crippen molar-refractivity contribution in [3.63, 3.8) is 0 Å². The van der Waals surface area contributed by atoms with Gasteiger partial charge in [0.1, 0.15) is 0 Å². The van der Waals surface area contributed by atoms with Crippen LogP contribution in [0.5, 0.6) is 11.5 Å². The zero-order valence-electron chi connectivity index (χ0n) is 11.4. The van der Waals surface area contributed by atoms with Crippen LogP contribution in [0.25, 0.3) is 0 Å². The molecule has 0 aliphatic carbocycles. The molecule has 2 rings (SSSR count). The van der Waals surface area contributed by atoms with Crippen molar-refractivity contribution in [3.8, 4) is 11.5 Å². The summed E-state index contributed by atoms with van der Waals surface area (Å²) in [7, 11) is 0. The molecule has 104 valence electrons. The van der Waals surface area contributed by atoms with Crippen LogP contribution < -0.4 is 9.47 Å². The average Bonchev–Trinajstić information content (AvgIpc) is 2.80. The summed E-state index contributed by atoms with van der Waals surface area (Å²) in [6, 6.07) is 5.72. The normalized spacial score (nSPS) is 14.7. The van der Waals surface area contributed by atoms with Gasteiger partial charge in [-0.2, -0.15) is 0 Å². The first-order chi connectivity index (χ1) is 9.06. The molecule has 1 aliphatic rings. The standard InChI is InChI=1S/C15H20O4/c1-10(2)3-4-12(8-15(16)17)11-5-6-13-14(7-11)19-9-18-13/h5-7,10,12H,3-4,8-9H2,1-2H3,(H,16,17). The van der Waals surface area contributed by atoms with E-state index < -0.39 is 5.97 Å². The lowest BCUT2D eigenvalue weighted by atomic mass is 9.88. The predicted molar refractivity (Wildman–Crippen MR) is 71.6 cm³/mol. The summed E-state index contributed by atoms with van der Waals surface area (Å²) in [6.45, 7) is 4.54. The van der Waals surface area contributed by atoms with E-state index in [9.17, 15) is 4.79 Å². The fraction of sp³-hybridized carbons (Fsp3) is 0.533. The first-order valence-electron chi connectivity index (χ1n) is 6.67. The Labute approximate surface area is 113 Å².